The smallest absolute Gasteiger partial charge is 0.163 e. The zero-order valence-corrected chi connectivity index (χ0v) is 20.7. The van der Waals surface area contributed by atoms with Gasteiger partial charge < -0.3 is 25.5 Å². The van der Waals surface area contributed by atoms with Gasteiger partial charge in [-0.2, -0.15) is 0 Å². The first-order valence-corrected chi connectivity index (χ1v) is 12.5. The van der Waals surface area contributed by atoms with Crippen LogP contribution in [0.15, 0.2) is 41.8 Å². The molecule has 2 aliphatic carbocycles. The van der Waals surface area contributed by atoms with Crippen LogP contribution in [0, 0.1) is 11.3 Å². The summed E-state index contributed by atoms with van der Waals surface area (Å²) in [5, 5.41) is 0.890. The van der Waals surface area contributed by atoms with Crippen LogP contribution in [0.1, 0.15) is 57.7 Å². The lowest BCUT2D eigenvalue weighted by molar-refractivity contribution is -0.161. The van der Waals surface area contributed by atoms with E-state index in [1.54, 1.807) is 6.33 Å². The Morgan fingerprint density at radius 3 is 2.74 bits per heavy atom. The van der Waals surface area contributed by atoms with Crippen molar-refractivity contribution >= 4 is 28.4 Å². The number of hydrogen-bond acceptors (Lipinski definition) is 7. The van der Waals surface area contributed by atoms with E-state index in [-0.39, 0.29) is 29.1 Å². The molecule has 1 unspecified atom stereocenters. The summed E-state index contributed by atoms with van der Waals surface area (Å²) in [6, 6.07) is 8.83. The Labute approximate surface area is 204 Å². The zero-order valence-electron chi connectivity index (χ0n) is 20.7. The first kappa shape index (κ1) is 21.3. The minimum atomic E-state index is -0.601. The largest absolute Gasteiger partial charge is 0.386 e. The average Bonchev–Trinajstić information content (AvgIpc) is 3.00. The van der Waals surface area contributed by atoms with Gasteiger partial charge in [-0.1, -0.05) is 12.1 Å². The summed E-state index contributed by atoms with van der Waals surface area (Å²) in [5.74, 6) is 1.07. The van der Waals surface area contributed by atoms with Crippen LogP contribution in [0.25, 0.3) is 11.0 Å². The van der Waals surface area contributed by atoms with Gasteiger partial charge in [-0.3, -0.25) is 0 Å². The van der Waals surface area contributed by atoms with Crippen molar-refractivity contribution in [1.29, 1.82) is 0 Å². The van der Waals surface area contributed by atoms with Crippen molar-refractivity contribution in [2.45, 2.75) is 76.4 Å². The maximum atomic E-state index is 6.57. The summed E-state index contributed by atoms with van der Waals surface area (Å²) in [6.45, 7) is 8.30. The standard InChI is InChI=1S/C27H32N6O2/c1-25(2)16-6-5-14(11-18(16)32-24(25)29)7-9-27-12-17(27)19(20-21(27)35-26(3,4)34-20)33-10-8-15-22(28)30-13-31-23(15)33/h5-6,8,10-11,13,17,19-21H,7,9,12H2,1-4H3,(H2,29,32)(H2,28,30,31)/t17-,19-,20+,21+,27?/m1/s1. The predicted octanol–water partition coefficient (Wildman–Crippen LogP) is 4.01. The Kier molecular flexibility index (Phi) is 4.03. The number of aryl methyl sites for hydroxylation is 1. The van der Waals surface area contributed by atoms with E-state index in [9.17, 15) is 0 Å². The van der Waals surface area contributed by atoms with Gasteiger partial charge in [0.25, 0.3) is 0 Å². The fourth-order valence-corrected chi connectivity index (χ4v) is 7.00. The van der Waals surface area contributed by atoms with Crippen LogP contribution in [-0.4, -0.2) is 38.4 Å². The van der Waals surface area contributed by atoms with Crippen molar-refractivity contribution in [3.05, 3.63) is 47.9 Å². The lowest BCUT2D eigenvalue weighted by Gasteiger charge is -2.24. The lowest BCUT2D eigenvalue weighted by atomic mass is 9.84. The highest BCUT2D eigenvalue weighted by Gasteiger charge is 2.75. The third-order valence-electron chi connectivity index (χ3n) is 8.98. The molecule has 1 aromatic carbocycles. The Morgan fingerprint density at radius 2 is 1.91 bits per heavy atom. The topological polar surface area (TPSA) is 114 Å². The quantitative estimate of drug-likeness (QED) is 0.593. The third kappa shape index (κ3) is 2.84. The maximum Gasteiger partial charge on any atom is 0.163 e. The van der Waals surface area contributed by atoms with Crippen molar-refractivity contribution in [2.24, 2.45) is 22.1 Å². The molecule has 3 fully saturated rings. The third-order valence-corrected chi connectivity index (χ3v) is 8.98. The predicted molar refractivity (Wildman–Crippen MR) is 134 cm³/mol. The second kappa shape index (κ2) is 6.62. The highest BCUT2D eigenvalue weighted by Crippen LogP contribution is 2.73. The van der Waals surface area contributed by atoms with E-state index in [2.05, 4.69) is 57.8 Å². The maximum absolute atomic E-state index is 6.57. The van der Waals surface area contributed by atoms with Gasteiger partial charge in [0, 0.05) is 17.0 Å². The summed E-state index contributed by atoms with van der Waals surface area (Å²) in [6.07, 6.45) is 6.83. The SMILES string of the molecule is CC1(C)O[C@H]2[C@H](n3ccc4c(N)ncnc43)[C@H]3CC3(CCc3ccc4c(c3)N=C(N)C4(C)C)[C@H]2O1. The van der Waals surface area contributed by atoms with Gasteiger partial charge in [0.2, 0.25) is 0 Å². The molecular formula is C27H32N6O2. The summed E-state index contributed by atoms with van der Waals surface area (Å²) in [5.41, 5.74) is 16.6. The first-order valence-electron chi connectivity index (χ1n) is 12.5. The van der Waals surface area contributed by atoms with Gasteiger partial charge in [-0.25, -0.2) is 15.0 Å². The zero-order chi connectivity index (χ0) is 24.3. The lowest BCUT2D eigenvalue weighted by Crippen LogP contribution is -2.32. The fourth-order valence-electron chi connectivity index (χ4n) is 7.00. The number of anilines is 1. The summed E-state index contributed by atoms with van der Waals surface area (Å²) in [4.78, 5) is 13.4. The molecule has 8 nitrogen and oxygen atoms in total. The summed E-state index contributed by atoms with van der Waals surface area (Å²) >= 11 is 0. The molecule has 2 saturated carbocycles. The van der Waals surface area contributed by atoms with Gasteiger partial charge in [0.05, 0.1) is 23.2 Å². The Balaban J connectivity index is 1.20. The fraction of sp³-hybridized carbons (Fsp3) is 0.519. The molecule has 0 amide bonds. The normalized spacial score (nSPS) is 33.4. The van der Waals surface area contributed by atoms with E-state index in [1.165, 1.54) is 11.1 Å². The number of hydrogen-bond donors (Lipinski definition) is 2. The van der Waals surface area contributed by atoms with Crippen molar-refractivity contribution in [3.8, 4) is 0 Å². The van der Waals surface area contributed by atoms with Crippen molar-refractivity contribution in [2.75, 3.05) is 5.73 Å². The number of nitrogens with zero attached hydrogens (tertiary/aromatic N) is 4. The minimum Gasteiger partial charge on any atom is -0.386 e. The van der Waals surface area contributed by atoms with Gasteiger partial charge in [0.15, 0.2) is 5.79 Å². The van der Waals surface area contributed by atoms with Gasteiger partial charge in [0.1, 0.15) is 29.7 Å². The van der Waals surface area contributed by atoms with Gasteiger partial charge in [-0.15, -0.1) is 0 Å². The second-order valence-electron chi connectivity index (χ2n) is 11.7. The van der Waals surface area contributed by atoms with Crippen LogP contribution >= 0.6 is 0 Å². The molecule has 182 valence electrons. The average molecular weight is 473 g/mol. The molecule has 0 spiro atoms. The molecule has 1 saturated heterocycles. The molecule has 2 aliphatic heterocycles. The number of amidine groups is 1. The Hall–Kier alpha value is -2.97. The number of fused-ring (bicyclic) bond motifs is 5. The van der Waals surface area contributed by atoms with E-state index >= 15 is 0 Å². The number of benzene rings is 1. The minimum absolute atomic E-state index is 0.0132. The number of aromatic nitrogens is 3. The van der Waals surface area contributed by atoms with Gasteiger partial charge >= 0.3 is 0 Å². The molecule has 35 heavy (non-hydrogen) atoms. The van der Waals surface area contributed by atoms with Crippen LogP contribution in [0.3, 0.4) is 0 Å². The molecule has 4 aliphatic rings. The van der Waals surface area contributed by atoms with E-state index < -0.39 is 5.79 Å². The van der Waals surface area contributed by atoms with Crippen LogP contribution in [0.5, 0.6) is 0 Å². The van der Waals surface area contributed by atoms with E-state index in [1.807, 2.05) is 19.9 Å². The Bertz CT molecular complexity index is 1410. The highest BCUT2D eigenvalue weighted by molar-refractivity contribution is 5.98. The molecule has 4 heterocycles. The second-order valence-corrected chi connectivity index (χ2v) is 11.7. The molecule has 0 bridgehead atoms. The van der Waals surface area contributed by atoms with Crippen LogP contribution < -0.4 is 11.5 Å². The van der Waals surface area contributed by atoms with E-state index in [0.29, 0.717) is 17.6 Å². The van der Waals surface area contributed by atoms with Crippen LogP contribution in [0.4, 0.5) is 11.5 Å². The molecule has 3 aromatic rings. The number of nitrogens with two attached hydrogens (primary N) is 2. The van der Waals surface area contributed by atoms with E-state index in [4.69, 9.17) is 20.9 Å². The summed E-state index contributed by atoms with van der Waals surface area (Å²) < 4.78 is 15.3. The van der Waals surface area contributed by atoms with Gasteiger partial charge in [-0.05, 0) is 76.1 Å². The number of nitrogen functional groups attached to an aromatic ring is 1. The number of ether oxygens (including phenoxy) is 2. The van der Waals surface area contributed by atoms with E-state index in [0.717, 1.165) is 36.0 Å². The molecule has 0 radical (unpaired) electrons. The van der Waals surface area contributed by atoms with Crippen LogP contribution in [0.2, 0.25) is 0 Å². The van der Waals surface area contributed by atoms with Crippen molar-refractivity contribution in [1.82, 2.24) is 14.5 Å². The molecule has 2 aromatic heterocycles. The summed E-state index contributed by atoms with van der Waals surface area (Å²) in [7, 11) is 0. The van der Waals surface area contributed by atoms with Crippen molar-refractivity contribution < 1.29 is 9.47 Å². The molecular weight excluding hydrogens is 440 g/mol. The molecule has 7 rings (SSSR count). The highest BCUT2D eigenvalue weighted by atomic mass is 16.8. The molecule has 5 atom stereocenters. The van der Waals surface area contributed by atoms with Crippen LogP contribution in [-0.2, 0) is 21.3 Å². The Morgan fingerprint density at radius 1 is 1.09 bits per heavy atom. The molecule has 8 heteroatoms. The first-order chi connectivity index (χ1) is 16.6. The number of aliphatic imine (C=N–C) groups is 1. The number of rotatable bonds is 4. The monoisotopic (exact) mass is 472 g/mol. The van der Waals surface area contributed by atoms with Crippen molar-refractivity contribution in [3.63, 3.8) is 0 Å². The molecule has 4 N–H and O–H groups in total.